The van der Waals surface area contributed by atoms with Crippen LogP contribution < -0.4 is 0 Å². The van der Waals surface area contributed by atoms with E-state index in [0.717, 1.165) is 0 Å². The van der Waals surface area contributed by atoms with Gasteiger partial charge in [0.15, 0.2) is 31.5 Å². The number of aliphatic hydroxyl groups excluding tert-OH is 11. The quantitative estimate of drug-likeness (QED) is 0.0805. The summed E-state index contributed by atoms with van der Waals surface area (Å²) in [6.45, 7) is -3.06. The highest BCUT2D eigenvalue weighted by molar-refractivity contribution is 4.96. The highest BCUT2D eigenvalue weighted by Crippen LogP contribution is 2.36. The highest BCUT2D eigenvalue weighted by Gasteiger charge is 2.55. The van der Waals surface area contributed by atoms with Gasteiger partial charge in [-0.05, 0) is 0 Å². The summed E-state index contributed by atoms with van der Waals surface area (Å²) in [5.41, 5.74) is 0. The van der Waals surface area contributed by atoms with E-state index in [1.165, 1.54) is 7.11 Å². The Morgan fingerprint density at radius 2 is 0.787 bits per heavy atom. The summed E-state index contributed by atoms with van der Waals surface area (Å²) in [5.74, 6) is 0. The van der Waals surface area contributed by atoms with Gasteiger partial charge in [-0.2, -0.15) is 0 Å². The molecule has 0 saturated carbocycles. The fourth-order valence-electron chi connectivity index (χ4n) is 6.05. The van der Waals surface area contributed by atoms with Crippen molar-refractivity contribution in [1.82, 2.24) is 0 Å². The monoisotopic (exact) mass is 692 g/mol. The first kappa shape index (κ1) is 37.4. The van der Waals surface area contributed by atoms with Crippen LogP contribution in [0.5, 0.6) is 0 Å². The Labute approximate surface area is 267 Å². The molecule has 0 aliphatic carbocycles. The molecule has 20 atom stereocenters. The molecular formula is C26H44O21. The van der Waals surface area contributed by atoms with Gasteiger partial charge in [0, 0.05) is 7.11 Å². The van der Waals surface area contributed by atoms with Gasteiger partial charge in [0.05, 0.1) is 33.0 Å². The predicted octanol–water partition coefficient (Wildman–Crippen LogP) is -8.07. The van der Waals surface area contributed by atoms with Gasteiger partial charge in [-0.1, -0.05) is 0 Å². The van der Waals surface area contributed by atoms with E-state index < -0.39 is 156 Å². The summed E-state index contributed by atoms with van der Waals surface area (Å²) in [6, 6.07) is 0. The smallest absolute Gasteiger partial charge is 0.187 e. The molecular weight excluding hydrogens is 648 g/mol. The van der Waals surface area contributed by atoms with Gasteiger partial charge >= 0.3 is 0 Å². The molecule has 0 radical (unpaired) electrons. The average molecular weight is 693 g/mol. The fraction of sp³-hybridized carbons (Fsp3) is 1.00. The van der Waals surface area contributed by atoms with Crippen LogP contribution in [0.15, 0.2) is 0 Å². The maximum Gasteiger partial charge on any atom is 0.187 e. The van der Waals surface area contributed by atoms with Crippen LogP contribution in [0.2, 0.25) is 0 Å². The summed E-state index contributed by atoms with van der Waals surface area (Å²) in [5, 5.41) is 111. The van der Waals surface area contributed by atoms with Gasteiger partial charge in [-0.15, -0.1) is 0 Å². The van der Waals surface area contributed by atoms with Crippen LogP contribution in [-0.4, -0.2) is 219 Å². The molecule has 0 unspecified atom stereocenters. The van der Waals surface area contributed by atoms with Gasteiger partial charge in [-0.25, -0.2) is 0 Å². The van der Waals surface area contributed by atoms with Crippen molar-refractivity contribution in [1.29, 1.82) is 0 Å². The van der Waals surface area contributed by atoms with Crippen molar-refractivity contribution >= 4 is 0 Å². The third-order valence-electron chi connectivity index (χ3n) is 8.77. The van der Waals surface area contributed by atoms with Crippen LogP contribution in [0.4, 0.5) is 0 Å². The van der Waals surface area contributed by atoms with Crippen molar-refractivity contribution < 1.29 is 104 Å². The lowest BCUT2D eigenvalue weighted by Crippen LogP contribution is -2.47. The van der Waals surface area contributed by atoms with Crippen LogP contribution in [0.3, 0.4) is 0 Å². The van der Waals surface area contributed by atoms with E-state index >= 15 is 0 Å². The van der Waals surface area contributed by atoms with Crippen molar-refractivity contribution in [2.45, 2.75) is 123 Å². The van der Waals surface area contributed by atoms with Gasteiger partial charge in [0.25, 0.3) is 0 Å². The highest BCUT2D eigenvalue weighted by atomic mass is 16.8. The third-order valence-corrected chi connectivity index (χ3v) is 8.77. The molecule has 0 aromatic rings. The molecule has 21 nitrogen and oxygen atoms in total. The number of rotatable bonds is 14. The zero-order valence-electron chi connectivity index (χ0n) is 25.1. The lowest BCUT2D eigenvalue weighted by molar-refractivity contribution is -0.270. The van der Waals surface area contributed by atoms with E-state index in [9.17, 15) is 56.2 Å². The fourth-order valence-corrected chi connectivity index (χ4v) is 6.05. The molecule has 5 saturated heterocycles. The molecule has 5 fully saturated rings. The summed E-state index contributed by atoms with van der Waals surface area (Å²) >= 11 is 0. The first-order valence-electron chi connectivity index (χ1n) is 15.1. The molecule has 0 aromatic carbocycles. The van der Waals surface area contributed by atoms with E-state index in [1.807, 2.05) is 0 Å². The largest absolute Gasteiger partial charge is 0.394 e. The Morgan fingerprint density at radius 1 is 0.404 bits per heavy atom. The third kappa shape index (κ3) is 7.46. The summed E-state index contributed by atoms with van der Waals surface area (Å²) < 4.78 is 55.8. The number of ether oxygens (including phenoxy) is 10. The maximum absolute atomic E-state index is 11.0. The van der Waals surface area contributed by atoms with Gasteiger partial charge in [-0.3, -0.25) is 0 Å². The molecule has 47 heavy (non-hydrogen) atoms. The Hall–Kier alpha value is -0.840. The Morgan fingerprint density at radius 3 is 1.23 bits per heavy atom. The number of hydrogen-bond donors (Lipinski definition) is 11. The number of methoxy groups -OCH3 is 1. The van der Waals surface area contributed by atoms with E-state index in [1.54, 1.807) is 0 Å². The first-order chi connectivity index (χ1) is 22.5. The SMILES string of the molecule is CO[C@H]1O[C@H](CO[C@H]2O[C@H](CO)[C@@H](O)[C@@H]2O[C@@H]2O[C@H](CO)[C@@H](O)[C@@H]2O)[C@@H](O[C@H]2O[C@H](CO)[C@@H](O)[C@@H]2O[C@@H]2O[C@H](CO)[C@@H](O)[C@@H]2O)[C@@H]1O. The zero-order valence-corrected chi connectivity index (χ0v) is 25.1. The molecule has 5 aliphatic heterocycles. The van der Waals surface area contributed by atoms with Gasteiger partial charge < -0.3 is 104 Å². The molecule has 0 aromatic heterocycles. The van der Waals surface area contributed by atoms with Gasteiger partial charge in [0.2, 0.25) is 0 Å². The second kappa shape index (κ2) is 16.0. The Balaban J connectivity index is 1.27. The average Bonchev–Trinajstić information content (AvgIpc) is 3.80. The minimum Gasteiger partial charge on any atom is -0.394 e. The first-order valence-corrected chi connectivity index (χ1v) is 15.1. The van der Waals surface area contributed by atoms with Crippen molar-refractivity contribution in [3.8, 4) is 0 Å². The lowest BCUT2D eigenvalue weighted by atomic mass is 10.1. The van der Waals surface area contributed by atoms with Crippen LogP contribution in [0.1, 0.15) is 0 Å². The number of hydrogen-bond acceptors (Lipinski definition) is 21. The second-order valence-corrected chi connectivity index (χ2v) is 11.8. The van der Waals surface area contributed by atoms with E-state index in [-0.39, 0.29) is 0 Å². The molecule has 5 aliphatic rings. The topological polar surface area (TPSA) is 315 Å². The van der Waals surface area contributed by atoms with Crippen LogP contribution in [0.25, 0.3) is 0 Å². The minimum atomic E-state index is -1.62. The summed E-state index contributed by atoms with van der Waals surface area (Å²) in [4.78, 5) is 0. The van der Waals surface area contributed by atoms with Crippen molar-refractivity contribution in [2.24, 2.45) is 0 Å². The normalized spacial score (nSPS) is 51.8. The zero-order chi connectivity index (χ0) is 34.2. The maximum atomic E-state index is 11.0. The molecule has 0 spiro atoms. The predicted molar refractivity (Wildman–Crippen MR) is 141 cm³/mol. The molecule has 274 valence electrons. The molecule has 11 N–H and O–H groups in total. The van der Waals surface area contributed by atoms with E-state index in [2.05, 4.69) is 0 Å². The minimum absolute atomic E-state index is 0.452. The van der Waals surface area contributed by atoms with Crippen LogP contribution >= 0.6 is 0 Å². The molecule has 5 heterocycles. The Bertz CT molecular complexity index is 981. The van der Waals surface area contributed by atoms with E-state index in [4.69, 9.17) is 47.4 Å². The van der Waals surface area contributed by atoms with Crippen molar-refractivity contribution in [3.05, 3.63) is 0 Å². The van der Waals surface area contributed by atoms with Crippen molar-refractivity contribution in [2.75, 3.05) is 40.1 Å². The molecule has 5 rings (SSSR count). The molecule has 21 heteroatoms. The number of aliphatic hydroxyl groups is 11. The van der Waals surface area contributed by atoms with Crippen molar-refractivity contribution in [3.63, 3.8) is 0 Å². The van der Waals surface area contributed by atoms with Gasteiger partial charge in [0.1, 0.15) is 91.6 Å². The second-order valence-electron chi connectivity index (χ2n) is 11.8. The van der Waals surface area contributed by atoms with E-state index in [0.29, 0.717) is 0 Å². The van der Waals surface area contributed by atoms with Crippen LogP contribution in [-0.2, 0) is 47.4 Å². The molecule has 0 amide bonds. The molecule has 0 bridgehead atoms. The summed E-state index contributed by atoms with van der Waals surface area (Å²) in [6.07, 6.45) is -28.2. The standard InChI is InChI=1S/C26H44O21/c1-38-22-18(37)19(45-26-21(15(34)10(5-30)43-26)47-24-17(36)13(32)8(3-28)41-24)11(44-22)6-39-25-20(14(33)9(4-29)42-25)46-23-16(35)12(31)7(2-27)40-23/h7-37H,2-6H2,1H3/t7-,8-,9-,10-,11-,12-,13-,14-,15-,16+,17+,18+,19-,20+,21+,22+,23+,24+,25+,26-/m1/s1. The summed E-state index contributed by atoms with van der Waals surface area (Å²) in [7, 11) is 1.24. The Kier molecular flexibility index (Phi) is 12.7. The van der Waals surface area contributed by atoms with Crippen LogP contribution in [0, 0.1) is 0 Å². The lowest BCUT2D eigenvalue weighted by Gasteiger charge is -2.30.